The van der Waals surface area contributed by atoms with Crippen LogP contribution in [0.2, 0.25) is 0 Å². The largest absolute Gasteiger partial charge is 0.382 e. The van der Waals surface area contributed by atoms with Gasteiger partial charge in [0.25, 0.3) is 0 Å². The number of piperazine rings is 1. The van der Waals surface area contributed by atoms with Crippen LogP contribution in [0, 0.1) is 0 Å². The molecule has 1 aromatic carbocycles. The Bertz CT molecular complexity index is 1400. The molecule has 10 heteroatoms. The number of nitrogen functional groups attached to an aromatic ring is 1. The van der Waals surface area contributed by atoms with Gasteiger partial charge in [-0.25, -0.2) is 9.50 Å². The Morgan fingerprint density at radius 3 is 2.78 bits per heavy atom. The maximum atomic E-state index is 12.2. The van der Waals surface area contributed by atoms with E-state index in [0.29, 0.717) is 12.4 Å². The van der Waals surface area contributed by atoms with Crippen LogP contribution < -0.4 is 5.73 Å². The molecule has 1 amide bonds. The van der Waals surface area contributed by atoms with Crippen LogP contribution in [0.3, 0.4) is 0 Å². The zero-order valence-electron chi connectivity index (χ0n) is 20.4. The number of aromatic nitrogens is 5. The Morgan fingerprint density at radius 1 is 1.08 bits per heavy atom. The molecule has 0 unspecified atom stereocenters. The van der Waals surface area contributed by atoms with Crippen molar-refractivity contribution in [2.45, 2.75) is 25.4 Å². The Morgan fingerprint density at radius 2 is 1.94 bits per heavy atom. The third-order valence-electron chi connectivity index (χ3n) is 7.23. The Labute approximate surface area is 209 Å². The van der Waals surface area contributed by atoms with E-state index in [0.717, 1.165) is 79.3 Å². The lowest BCUT2D eigenvalue weighted by atomic mass is 10.1. The van der Waals surface area contributed by atoms with E-state index in [9.17, 15) is 4.79 Å². The maximum absolute atomic E-state index is 12.2. The molecule has 2 saturated heterocycles. The number of fused-ring (bicyclic) bond motifs is 1. The first-order valence-corrected chi connectivity index (χ1v) is 12.4. The number of benzene rings is 1. The number of rotatable bonds is 5. The average Bonchev–Trinajstić information content (AvgIpc) is 3.53. The van der Waals surface area contributed by atoms with Gasteiger partial charge in [0, 0.05) is 57.2 Å². The second kappa shape index (κ2) is 9.36. The third kappa shape index (κ3) is 4.12. The Balaban J connectivity index is 1.39. The van der Waals surface area contributed by atoms with Gasteiger partial charge in [0.2, 0.25) is 5.91 Å². The molecule has 2 aliphatic rings. The number of nitrogens with zero attached hydrogens (tertiary/aromatic N) is 7. The van der Waals surface area contributed by atoms with E-state index < -0.39 is 0 Å². The van der Waals surface area contributed by atoms with Crippen molar-refractivity contribution in [2.75, 3.05) is 45.6 Å². The molecule has 0 spiro atoms. The smallest absolute Gasteiger partial charge is 0.236 e. The normalized spacial score (nSPS) is 17.8. The molecule has 0 radical (unpaired) electrons. The SMILES string of the molecule is CN1CCN(Cc2cccc(-c3cc(-c4ccnn4C4CCOCC4)c4c(N)ncnn34)c2)CC1=O. The number of hydrogen-bond donors (Lipinski definition) is 1. The lowest BCUT2D eigenvalue weighted by Crippen LogP contribution is -2.47. The van der Waals surface area contributed by atoms with Gasteiger partial charge in [-0.15, -0.1) is 0 Å². The molecule has 3 aromatic heterocycles. The summed E-state index contributed by atoms with van der Waals surface area (Å²) in [6, 6.07) is 12.8. The number of likely N-dealkylation sites (N-methyl/N-ethyl adjacent to an activating group) is 1. The lowest BCUT2D eigenvalue weighted by Gasteiger charge is -2.31. The summed E-state index contributed by atoms with van der Waals surface area (Å²) in [5.74, 6) is 0.589. The topological polar surface area (TPSA) is 107 Å². The number of amides is 1. The zero-order valence-corrected chi connectivity index (χ0v) is 20.4. The van der Waals surface area contributed by atoms with Gasteiger partial charge < -0.3 is 15.4 Å². The highest BCUT2D eigenvalue weighted by Crippen LogP contribution is 2.36. The molecule has 0 aliphatic carbocycles. The highest BCUT2D eigenvalue weighted by Gasteiger charge is 2.24. The molecule has 0 atom stereocenters. The average molecular weight is 487 g/mol. The summed E-state index contributed by atoms with van der Waals surface area (Å²) < 4.78 is 9.53. The number of carbonyl (C=O) groups is 1. The van der Waals surface area contributed by atoms with Gasteiger partial charge >= 0.3 is 0 Å². The summed E-state index contributed by atoms with van der Waals surface area (Å²) in [6.07, 6.45) is 5.18. The van der Waals surface area contributed by atoms with Gasteiger partial charge in [0.15, 0.2) is 5.82 Å². The van der Waals surface area contributed by atoms with Gasteiger partial charge in [-0.2, -0.15) is 10.2 Å². The van der Waals surface area contributed by atoms with Gasteiger partial charge in [0.05, 0.1) is 24.0 Å². The minimum atomic E-state index is 0.160. The zero-order chi connectivity index (χ0) is 24.6. The number of carbonyl (C=O) groups excluding carboxylic acids is 1. The van der Waals surface area contributed by atoms with E-state index in [1.807, 2.05) is 23.8 Å². The summed E-state index contributed by atoms with van der Waals surface area (Å²) >= 11 is 0. The van der Waals surface area contributed by atoms with Crippen LogP contribution in [0.4, 0.5) is 5.82 Å². The third-order valence-corrected chi connectivity index (χ3v) is 7.23. The first-order chi connectivity index (χ1) is 17.6. The predicted octanol–water partition coefficient (Wildman–Crippen LogP) is 2.47. The Hall–Kier alpha value is -3.76. The first-order valence-electron chi connectivity index (χ1n) is 12.4. The minimum Gasteiger partial charge on any atom is -0.382 e. The molecule has 36 heavy (non-hydrogen) atoms. The van der Waals surface area contributed by atoms with Crippen LogP contribution in [0.5, 0.6) is 0 Å². The second-order valence-corrected chi connectivity index (χ2v) is 9.58. The van der Waals surface area contributed by atoms with Crippen molar-refractivity contribution in [2.24, 2.45) is 0 Å². The van der Waals surface area contributed by atoms with Crippen LogP contribution in [0.25, 0.3) is 28.0 Å². The highest BCUT2D eigenvalue weighted by molar-refractivity contribution is 5.91. The van der Waals surface area contributed by atoms with Crippen molar-refractivity contribution in [3.63, 3.8) is 0 Å². The summed E-state index contributed by atoms with van der Waals surface area (Å²) in [5.41, 5.74) is 12.2. The van der Waals surface area contributed by atoms with Gasteiger partial charge in [0.1, 0.15) is 11.8 Å². The van der Waals surface area contributed by atoms with Crippen molar-refractivity contribution in [1.82, 2.24) is 34.2 Å². The number of hydrogen-bond acceptors (Lipinski definition) is 7. The van der Waals surface area contributed by atoms with Crippen LogP contribution in [0.15, 0.2) is 48.9 Å². The van der Waals surface area contributed by atoms with E-state index in [4.69, 9.17) is 10.5 Å². The molecule has 0 saturated carbocycles. The molecule has 0 bridgehead atoms. The molecule has 186 valence electrons. The van der Waals surface area contributed by atoms with E-state index in [1.165, 1.54) is 6.33 Å². The van der Waals surface area contributed by atoms with Crippen molar-refractivity contribution < 1.29 is 9.53 Å². The lowest BCUT2D eigenvalue weighted by molar-refractivity contribution is -0.134. The number of anilines is 1. The van der Waals surface area contributed by atoms with Gasteiger partial charge in [-0.05, 0) is 36.6 Å². The standard InChI is InChI=1S/C26H30N8O2/c1-31-9-10-32(16-24(31)35)15-18-3-2-4-19(13-18)23-14-21(25-26(27)28-17-30-34(23)25)22-5-8-29-33(22)20-6-11-36-12-7-20/h2-5,8,13-14,17,20H,6-7,9-12,15-16H2,1H3,(H2,27,28,30). The molecule has 2 fully saturated rings. The van der Waals surface area contributed by atoms with Crippen LogP contribution in [0.1, 0.15) is 24.4 Å². The summed E-state index contributed by atoms with van der Waals surface area (Å²) in [5, 5.41) is 9.23. The van der Waals surface area contributed by atoms with E-state index in [-0.39, 0.29) is 11.9 Å². The first kappa shape index (κ1) is 22.7. The maximum Gasteiger partial charge on any atom is 0.236 e. The monoisotopic (exact) mass is 486 g/mol. The van der Waals surface area contributed by atoms with Crippen LogP contribution in [-0.4, -0.2) is 80.0 Å². The second-order valence-electron chi connectivity index (χ2n) is 9.58. The highest BCUT2D eigenvalue weighted by atomic mass is 16.5. The quantitative estimate of drug-likeness (QED) is 0.462. The molecule has 2 aliphatic heterocycles. The minimum absolute atomic E-state index is 0.160. The molecule has 4 aromatic rings. The molecule has 5 heterocycles. The van der Waals surface area contributed by atoms with Crippen molar-refractivity contribution in [3.05, 3.63) is 54.5 Å². The van der Waals surface area contributed by atoms with Crippen LogP contribution in [-0.2, 0) is 16.1 Å². The fourth-order valence-electron chi connectivity index (χ4n) is 5.25. The van der Waals surface area contributed by atoms with E-state index >= 15 is 0 Å². The molecule has 10 nitrogen and oxygen atoms in total. The molecular formula is C26H30N8O2. The number of nitrogens with two attached hydrogens (primary N) is 1. The van der Waals surface area contributed by atoms with Crippen molar-refractivity contribution >= 4 is 17.2 Å². The van der Waals surface area contributed by atoms with Crippen molar-refractivity contribution in [3.8, 4) is 22.5 Å². The predicted molar refractivity (Wildman–Crippen MR) is 136 cm³/mol. The summed E-state index contributed by atoms with van der Waals surface area (Å²) in [4.78, 5) is 20.4. The summed E-state index contributed by atoms with van der Waals surface area (Å²) in [7, 11) is 1.86. The Kier molecular flexibility index (Phi) is 5.90. The van der Waals surface area contributed by atoms with E-state index in [1.54, 1.807) is 4.90 Å². The van der Waals surface area contributed by atoms with E-state index in [2.05, 4.69) is 55.1 Å². The van der Waals surface area contributed by atoms with Gasteiger partial charge in [-0.3, -0.25) is 14.4 Å². The van der Waals surface area contributed by atoms with Crippen molar-refractivity contribution in [1.29, 1.82) is 0 Å². The van der Waals surface area contributed by atoms with Gasteiger partial charge in [-0.1, -0.05) is 18.2 Å². The molecule has 6 rings (SSSR count). The molecular weight excluding hydrogens is 456 g/mol. The fraction of sp³-hybridized carbons (Fsp3) is 0.385. The fourth-order valence-corrected chi connectivity index (χ4v) is 5.25. The number of ether oxygens (including phenoxy) is 1. The molecule has 2 N–H and O–H groups in total. The van der Waals surface area contributed by atoms with Crippen LogP contribution >= 0.6 is 0 Å². The summed E-state index contributed by atoms with van der Waals surface area (Å²) in [6.45, 7) is 4.26.